The van der Waals surface area contributed by atoms with Crippen molar-refractivity contribution in [1.29, 1.82) is 0 Å². The zero-order valence-corrected chi connectivity index (χ0v) is 19.9. The van der Waals surface area contributed by atoms with Gasteiger partial charge in [0.1, 0.15) is 4.70 Å². The van der Waals surface area contributed by atoms with E-state index in [1.807, 2.05) is 66.3 Å². The first-order valence-corrected chi connectivity index (χ1v) is 12.7. The second kappa shape index (κ2) is 9.39. The highest BCUT2D eigenvalue weighted by Crippen LogP contribution is 2.26. The van der Waals surface area contributed by atoms with Crippen molar-refractivity contribution in [3.63, 3.8) is 0 Å². The Bertz CT molecular complexity index is 1390. The van der Waals surface area contributed by atoms with Crippen molar-refractivity contribution in [2.45, 2.75) is 17.0 Å². The van der Waals surface area contributed by atoms with Crippen LogP contribution in [0.25, 0.3) is 16.0 Å². The minimum Gasteiger partial charge on any atom is -0.325 e. The van der Waals surface area contributed by atoms with E-state index in [0.29, 0.717) is 19.5 Å². The van der Waals surface area contributed by atoms with Gasteiger partial charge in [0.05, 0.1) is 11.4 Å². The van der Waals surface area contributed by atoms with Crippen LogP contribution >= 0.6 is 47.1 Å². The Kier molecular flexibility index (Phi) is 6.61. The predicted molar refractivity (Wildman–Crippen MR) is 133 cm³/mol. The van der Waals surface area contributed by atoms with Gasteiger partial charge in [0.25, 0.3) is 5.56 Å². The molecule has 0 bridgehead atoms. The molecule has 4 aromatic rings. The molecule has 0 atom stereocenters. The number of thioether (sulfide) groups is 2. The highest BCUT2D eigenvalue weighted by Gasteiger charge is 2.15. The van der Waals surface area contributed by atoms with Crippen LogP contribution < -0.4 is 10.9 Å². The Morgan fingerprint density at radius 2 is 2.06 bits per heavy atom. The van der Waals surface area contributed by atoms with E-state index in [1.54, 1.807) is 11.8 Å². The minimum atomic E-state index is -0.260. The van der Waals surface area contributed by atoms with Crippen molar-refractivity contribution < 1.29 is 4.79 Å². The van der Waals surface area contributed by atoms with Crippen molar-refractivity contribution in [3.05, 3.63) is 68.4 Å². The van der Waals surface area contributed by atoms with E-state index in [0.717, 1.165) is 21.8 Å². The lowest BCUT2D eigenvalue weighted by Crippen LogP contribution is -2.15. The summed E-state index contributed by atoms with van der Waals surface area (Å²) in [6, 6.07) is 15.4. The molecule has 158 valence electrons. The summed E-state index contributed by atoms with van der Waals surface area (Å²) in [6.07, 6.45) is 1.98. The number of anilines is 1. The van der Waals surface area contributed by atoms with E-state index in [1.165, 1.54) is 23.1 Å². The smallest absolute Gasteiger partial charge is 0.271 e. The molecule has 0 aliphatic rings. The Morgan fingerprint density at radius 3 is 2.84 bits per heavy atom. The van der Waals surface area contributed by atoms with Crippen molar-refractivity contribution >= 4 is 69.0 Å². The van der Waals surface area contributed by atoms with E-state index < -0.39 is 0 Å². The Balaban J connectivity index is 1.59. The van der Waals surface area contributed by atoms with Crippen LogP contribution in [0.4, 0.5) is 5.69 Å². The Hall–Kier alpha value is -2.40. The average Bonchev–Trinajstić information content (AvgIpc) is 3.09. The summed E-state index contributed by atoms with van der Waals surface area (Å²) in [7, 11) is 0. The Morgan fingerprint density at radius 1 is 1.26 bits per heavy atom. The summed E-state index contributed by atoms with van der Waals surface area (Å²) < 4.78 is 2.84. The van der Waals surface area contributed by atoms with Crippen LogP contribution in [0.3, 0.4) is 0 Å². The van der Waals surface area contributed by atoms with Gasteiger partial charge in [-0.2, -0.15) is 0 Å². The summed E-state index contributed by atoms with van der Waals surface area (Å²) >= 11 is 9.53. The standard InChI is InChI=1S/C21H18N4O2S4/c1-12-6-3-4-9-15(12)25-18-17(31-21(25)28)19(27)24-20(23-18)30-11-16(26)22-13-7-5-8-14(10-13)29-2/h3-10H,11H2,1-2H3,(H,22,26)(H,23,24,27). The highest BCUT2D eigenvalue weighted by atomic mass is 32.2. The number of para-hydroxylation sites is 1. The van der Waals surface area contributed by atoms with E-state index in [2.05, 4.69) is 15.3 Å². The molecular formula is C21H18N4O2S4. The second-order valence-corrected chi connectivity index (χ2v) is 10.1. The predicted octanol–water partition coefficient (Wildman–Crippen LogP) is 5.27. The lowest BCUT2D eigenvalue weighted by molar-refractivity contribution is -0.113. The number of nitrogens with zero attached hydrogens (tertiary/aromatic N) is 2. The normalized spacial score (nSPS) is 11.0. The number of carbonyl (C=O) groups excluding carboxylic acids is 1. The second-order valence-electron chi connectivity index (χ2n) is 6.58. The molecule has 10 heteroatoms. The molecule has 31 heavy (non-hydrogen) atoms. The lowest BCUT2D eigenvalue weighted by atomic mass is 10.2. The third kappa shape index (κ3) is 4.77. The van der Waals surface area contributed by atoms with Gasteiger partial charge in [-0.25, -0.2) is 4.98 Å². The number of aromatic nitrogens is 3. The molecule has 0 radical (unpaired) electrons. The first-order chi connectivity index (χ1) is 15.0. The van der Waals surface area contributed by atoms with Crippen molar-refractivity contribution in [1.82, 2.24) is 14.5 Å². The minimum absolute atomic E-state index is 0.118. The van der Waals surface area contributed by atoms with Crippen molar-refractivity contribution in [3.8, 4) is 5.69 Å². The molecule has 0 fully saturated rings. The molecule has 0 aliphatic carbocycles. The summed E-state index contributed by atoms with van der Waals surface area (Å²) in [4.78, 5) is 33.5. The summed E-state index contributed by atoms with van der Waals surface area (Å²) in [5.41, 5.74) is 2.90. The molecule has 6 nitrogen and oxygen atoms in total. The fourth-order valence-electron chi connectivity index (χ4n) is 3.02. The number of thiazole rings is 1. The maximum Gasteiger partial charge on any atom is 0.271 e. The highest BCUT2D eigenvalue weighted by molar-refractivity contribution is 7.99. The van der Waals surface area contributed by atoms with E-state index >= 15 is 0 Å². The first-order valence-electron chi connectivity index (χ1n) is 9.25. The molecule has 0 spiro atoms. The number of rotatable bonds is 6. The van der Waals surface area contributed by atoms with Crippen LogP contribution in [0.2, 0.25) is 0 Å². The fraction of sp³-hybridized carbons (Fsp3) is 0.143. The topological polar surface area (TPSA) is 79.8 Å². The number of nitrogens with one attached hydrogen (secondary N) is 2. The molecule has 1 amide bonds. The van der Waals surface area contributed by atoms with Gasteiger partial charge in [-0.1, -0.05) is 47.4 Å². The van der Waals surface area contributed by atoms with E-state index in [4.69, 9.17) is 12.2 Å². The summed E-state index contributed by atoms with van der Waals surface area (Å²) in [5.74, 6) is -0.0558. The van der Waals surface area contributed by atoms with Gasteiger partial charge < -0.3 is 10.3 Å². The quantitative estimate of drug-likeness (QED) is 0.220. The van der Waals surface area contributed by atoms with Crippen molar-refractivity contribution in [2.75, 3.05) is 17.3 Å². The van der Waals surface area contributed by atoms with Crippen LogP contribution in [0.15, 0.2) is 63.4 Å². The molecular weight excluding hydrogens is 469 g/mol. The summed E-state index contributed by atoms with van der Waals surface area (Å²) in [6.45, 7) is 1.99. The van der Waals surface area contributed by atoms with Crippen LogP contribution in [0.1, 0.15) is 5.56 Å². The van der Waals surface area contributed by atoms with Crippen molar-refractivity contribution in [2.24, 2.45) is 0 Å². The number of aromatic amines is 1. The van der Waals surface area contributed by atoms with Gasteiger partial charge in [0.2, 0.25) is 5.91 Å². The first kappa shape index (κ1) is 21.8. The monoisotopic (exact) mass is 486 g/mol. The van der Waals surface area contributed by atoms with Crippen LogP contribution in [-0.4, -0.2) is 32.5 Å². The van der Waals surface area contributed by atoms with Gasteiger partial charge in [0, 0.05) is 10.6 Å². The fourth-order valence-corrected chi connectivity index (χ4v) is 5.39. The van der Waals surface area contributed by atoms with Gasteiger partial charge in [-0.05, 0) is 55.2 Å². The number of carbonyl (C=O) groups is 1. The molecule has 0 aliphatic heterocycles. The van der Waals surface area contributed by atoms with Crippen LogP contribution in [-0.2, 0) is 4.79 Å². The maximum atomic E-state index is 12.6. The van der Waals surface area contributed by atoms with Crippen LogP contribution in [0.5, 0.6) is 0 Å². The van der Waals surface area contributed by atoms with Gasteiger partial charge in [-0.3, -0.25) is 14.2 Å². The largest absolute Gasteiger partial charge is 0.325 e. The zero-order valence-electron chi connectivity index (χ0n) is 16.7. The van der Waals surface area contributed by atoms with Gasteiger partial charge in [0.15, 0.2) is 14.8 Å². The molecule has 0 saturated heterocycles. The maximum absolute atomic E-state index is 12.6. The number of H-pyrrole nitrogens is 1. The van der Waals surface area contributed by atoms with Gasteiger partial charge >= 0.3 is 0 Å². The molecule has 4 rings (SSSR count). The third-order valence-corrected chi connectivity index (χ3v) is 7.43. The number of aryl methyl sites for hydroxylation is 1. The number of hydrogen-bond donors (Lipinski definition) is 2. The average molecular weight is 487 g/mol. The lowest BCUT2D eigenvalue weighted by Gasteiger charge is -2.08. The Labute approximate surface area is 196 Å². The number of hydrogen-bond acceptors (Lipinski definition) is 7. The molecule has 2 heterocycles. The molecule has 2 aromatic carbocycles. The number of benzene rings is 2. The zero-order chi connectivity index (χ0) is 22.0. The molecule has 0 unspecified atom stereocenters. The number of amides is 1. The number of fused-ring (bicyclic) bond motifs is 1. The van der Waals surface area contributed by atoms with E-state index in [9.17, 15) is 9.59 Å². The van der Waals surface area contributed by atoms with Crippen LogP contribution in [0, 0.1) is 10.9 Å². The third-order valence-electron chi connectivity index (χ3n) is 4.47. The molecule has 2 aromatic heterocycles. The molecule has 0 saturated carbocycles. The molecule has 2 N–H and O–H groups in total. The van der Waals surface area contributed by atoms with Gasteiger partial charge in [-0.15, -0.1) is 11.8 Å². The summed E-state index contributed by atoms with van der Waals surface area (Å²) in [5, 5.41) is 3.25. The van der Waals surface area contributed by atoms with E-state index in [-0.39, 0.29) is 17.2 Å². The SMILES string of the molecule is CSc1cccc(NC(=O)CSc2nc3c(sc(=S)n3-c3ccccc3C)c(=O)[nH]2)c1.